The van der Waals surface area contributed by atoms with Crippen LogP contribution < -0.4 is 0 Å². The van der Waals surface area contributed by atoms with Crippen LogP contribution in [0.25, 0.3) is 10.4 Å². The fourth-order valence-electron chi connectivity index (χ4n) is 0.418. The molecular formula is C4H10N3O3PS. The van der Waals surface area contributed by atoms with Crippen LogP contribution in [0.2, 0.25) is 0 Å². The molecule has 0 spiro atoms. The van der Waals surface area contributed by atoms with Gasteiger partial charge in [0.15, 0.2) is 0 Å². The van der Waals surface area contributed by atoms with E-state index in [0.29, 0.717) is 0 Å². The fraction of sp³-hybridized carbons (Fsp3) is 1.00. The second-order valence-corrected chi connectivity index (χ2v) is 4.82. The molecule has 0 aromatic heterocycles. The van der Waals surface area contributed by atoms with E-state index in [1.54, 1.807) is 0 Å². The van der Waals surface area contributed by atoms with Gasteiger partial charge < -0.3 is 13.6 Å². The van der Waals surface area contributed by atoms with Crippen molar-refractivity contribution in [2.24, 2.45) is 5.11 Å². The molecule has 12 heavy (non-hydrogen) atoms. The van der Waals surface area contributed by atoms with E-state index in [4.69, 9.17) is 30.9 Å². The summed E-state index contributed by atoms with van der Waals surface area (Å²) in [5.41, 5.74) is 7.93. The first kappa shape index (κ1) is 11.8. The molecule has 0 N–H and O–H groups in total. The highest BCUT2D eigenvalue weighted by atomic mass is 32.5. The highest BCUT2D eigenvalue weighted by Crippen LogP contribution is 2.47. The van der Waals surface area contributed by atoms with E-state index in [1.807, 2.05) is 0 Å². The van der Waals surface area contributed by atoms with Gasteiger partial charge in [0.05, 0.1) is 6.61 Å². The Morgan fingerprint density at radius 1 is 1.50 bits per heavy atom. The first-order chi connectivity index (χ1) is 5.68. The summed E-state index contributed by atoms with van der Waals surface area (Å²) in [6, 6.07) is 0. The van der Waals surface area contributed by atoms with Gasteiger partial charge in [-0.1, -0.05) is 5.11 Å². The lowest BCUT2D eigenvalue weighted by Gasteiger charge is -2.16. The second-order valence-electron chi connectivity index (χ2n) is 1.60. The van der Waals surface area contributed by atoms with Gasteiger partial charge >= 0.3 is 6.72 Å². The molecule has 8 heteroatoms. The minimum Gasteiger partial charge on any atom is -0.312 e. The predicted octanol–water partition coefficient (Wildman–Crippen LogP) is 1.83. The maximum Gasteiger partial charge on any atom is 0.326 e. The summed E-state index contributed by atoms with van der Waals surface area (Å²) < 4.78 is 14.7. The van der Waals surface area contributed by atoms with Crippen LogP contribution in [0.4, 0.5) is 0 Å². The van der Waals surface area contributed by atoms with E-state index in [0.717, 1.165) is 0 Å². The molecule has 0 fully saturated rings. The van der Waals surface area contributed by atoms with Crippen molar-refractivity contribution in [2.75, 3.05) is 27.4 Å². The fourth-order valence-corrected chi connectivity index (χ4v) is 1.31. The Morgan fingerprint density at radius 3 is 2.50 bits per heavy atom. The van der Waals surface area contributed by atoms with Crippen molar-refractivity contribution in [3.8, 4) is 0 Å². The summed E-state index contributed by atoms with van der Waals surface area (Å²) in [7, 11) is 2.83. The van der Waals surface area contributed by atoms with E-state index in [2.05, 4.69) is 10.0 Å². The maximum absolute atomic E-state index is 7.93. The lowest BCUT2D eigenvalue weighted by atomic mass is 10.8. The van der Waals surface area contributed by atoms with Crippen LogP contribution in [0.5, 0.6) is 0 Å². The Kier molecular flexibility index (Phi) is 6.28. The van der Waals surface area contributed by atoms with Crippen molar-refractivity contribution in [1.82, 2.24) is 0 Å². The molecule has 0 amide bonds. The van der Waals surface area contributed by atoms with Gasteiger partial charge in [-0.25, -0.2) is 0 Å². The molecule has 0 aromatic rings. The number of hydrogen-bond donors (Lipinski definition) is 0. The monoisotopic (exact) mass is 211 g/mol. The van der Waals surface area contributed by atoms with Crippen molar-refractivity contribution in [3.63, 3.8) is 0 Å². The van der Waals surface area contributed by atoms with Crippen LogP contribution >= 0.6 is 6.72 Å². The van der Waals surface area contributed by atoms with Crippen molar-refractivity contribution >= 4 is 18.5 Å². The molecule has 0 rings (SSSR count). The van der Waals surface area contributed by atoms with Gasteiger partial charge in [0.1, 0.15) is 0 Å². The molecule has 6 nitrogen and oxygen atoms in total. The zero-order valence-corrected chi connectivity index (χ0v) is 8.55. The minimum atomic E-state index is -2.57. The Morgan fingerprint density at radius 2 is 2.08 bits per heavy atom. The third-order valence-corrected chi connectivity index (χ3v) is 3.56. The van der Waals surface area contributed by atoms with E-state index < -0.39 is 6.72 Å². The van der Waals surface area contributed by atoms with E-state index in [9.17, 15) is 0 Å². The number of hydrogen-bond acceptors (Lipinski definition) is 5. The Labute approximate surface area is 75.7 Å². The third-order valence-electron chi connectivity index (χ3n) is 0.951. The molecule has 0 bridgehead atoms. The zero-order chi connectivity index (χ0) is 9.45. The lowest BCUT2D eigenvalue weighted by molar-refractivity contribution is 0.207. The summed E-state index contributed by atoms with van der Waals surface area (Å²) in [6.07, 6.45) is 0. The first-order valence-corrected chi connectivity index (χ1v) is 5.61. The van der Waals surface area contributed by atoms with E-state index >= 15 is 0 Å². The summed E-state index contributed by atoms with van der Waals surface area (Å²) in [6.45, 7) is -2.14. The van der Waals surface area contributed by atoms with Crippen molar-refractivity contribution in [3.05, 3.63) is 10.4 Å². The van der Waals surface area contributed by atoms with Gasteiger partial charge in [-0.3, -0.25) is 0 Å². The molecule has 0 atom stereocenters. The molecule has 0 aliphatic carbocycles. The van der Waals surface area contributed by atoms with Crippen molar-refractivity contribution in [1.29, 1.82) is 0 Å². The average Bonchev–Trinajstić information content (AvgIpc) is 2.12. The lowest BCUT2D eigenvalue weighted by Crippen LogP contribution is -1.98. The molecule has 0 aliphatic rings. The smallest absolute Gasteiger partial charge is 0.312 e. The molecule has 0 aromatic carbocycles. The summed E-state index contributed by atoms with van der Waals surface area (Å²) in [5, 5.41) is 3.26. The molecule has 0 aliphatic heterocycles. The first-order valence-electron chi connectivity index (χ1n) is 3.05. The number of nitrogens with zero attached hydrogens (tertiary/aromatic N) is 3. The van der Waals surface area contributed by atoms with Crippen LogP contribution in [-0.4, -0.2) is 27.4 Å². The summed E-state index contributed by atoms with van der Waals surface area (Å²) in [4.78, 5) is 2.55. The topological polar surface area (TPSA) is 76.5 Å². The SMILES string of the molecule is COP(=S)(OC)OCCN=[N+]=[N-]. The average molecular weight is 211 g/mol. The largest absolute Gasteiger partial charge is 0.326 e. The normalized spacial score (nSPS) is 10.8. The Hall–Kier alpha value is -0.160. The summed E-state index contributed by atoms with van der Waals surface area (Å²) >= 11 is 4.86. The number of azide groups is 1. The van der Waals surface area contributed by atoms with Gasteiger partial charge in [-0.2, -0.15) is 0 Å². The second kappa shape index (κ2) is 6.37. The molecular weight excluding hydrogens is 201 g/mol. The molecule has 0 radical (unpaired) electrons. The molecule has 0 saturated heterocycles. The van der Waals surface area contributed by atoms with Crippen LogP contribution in [0.3, 0.4) is 0 Å². The Bertz CT molecular complexity index is 210. The van der Waals surface area contributed by atoms with Crippen LogP contribution in [0.1, 0.15) is 0 Å². The van der Waals surface area contributed by atoms with Gasteiger partial charge in [-0.15, -0.1) is 0 Å². The van der Waals surface area contributed by atoms with E-state index in [1.165, 1.54) is 14.2 Å². The third kappa shape index (κ3) is 4.66. The zero-order valence-electron chi connectivity index (χ0n) is 6.84. The van der Waals surface area contributed by atoms with Crippen molar-refractivity contribution < 1.29 is 13.6 Å². The van der Waals surface area contributed by atoms with Crippen molar-refractivity contribution in [2.45, 2.75) is 0 Å². The van der Waals surface area contributed by atoms with Gasteiger partial charge in [0, 0.05) is 25.7 Å². The van der Waals surface area contributed by atoms with E-state index in [-0.39, 0.29) is 13.2 Å². The quantitative estimate of drug-likeness (QED) is 0.221. The highest BCUT2D eigenvalue weighted by molar-refractivity contribution is 8.07. The predicted molar refractivity (Wildman–Crippen MR) is 48.3 cm³/mol. The standard InChI is InChI=1S/C4H10N3O3PS/c1-8-11(12,9-2)10-4-3-6-7-5/h3-4H2,1-2H3. The molecule has 0 heterocycles. The van der Waals surface area contributed by atoms with Gasteiger partial charge in [-0.05, 0) is 17.3 Å². The summed E-state index contributed by atoms with van der Waals surface area (Å²) in [5.74, 6) is 0. The number of rotatable bonds is 6. The van der Waals surface area contributed by atoms with Gasteiger partial charge in [0.2, 0.25) is 0 Å². The molecule has 0 saturated carbocycles. The Balaban J connectivity index is 3.73. The minimum absolute atomic E-state index is 0.211. The highest BCUT2D eigenvalue weighted by Gasteiger charge is 2.15. The van der Waals surface area contributed by atoms with Crippen LogP contribution in [0.15, 0.2) is 5.11 Å². The molecule has 0 unspecified atom stereocenters. The van der Waals surface area contributed by atoms with Gasteiger partial charge in [0.25, 0.3) is 0 Å². The maximum atomic E-state index is 7.93. The van der Waals surface area contributed by atoms with Crippen LogP contribution in [0, 0.1) is 0 Å². The van der Waals surface area contributed by atoms with Crippen LogP contribution in [-0.2, 0) is 25.4 Å². The molecule has 70 valence electrons.